The first-order chi connectivity index (χ1) is 31.0. The molecule has 0 saturated carbocycles. The highest BCUT2D eigenvalue weighted by Crippen LogP contribution is 2.18. The molecule has 3 N–H and O–H groups in total. The number of allylic oxidation sites excluding steroid dienone is 6. The molecule has 1 amide bonds. The van der Waals surface area contributed by atoms with Crippen molar-refractivity contribution in [1.82, 2.24) is 5.32 Å². The van der Waals surface area contributed by atoms with Crippen LogP contribution in [0.15, 0.2) is 36.5 Å². The van der Waals surface area contributed by atoms with Crippen LogP contribution in [-0.4, -0.2) is 46.9 Å². The number of amides is 1. The molecule has 0 radical (unpaired) electrons. The zero-order valence-electron chi connectivity index (χ0n) is 42.2. The zero-order valence-corrected chi connectivity index (χ0v) is 42.2. The van der Waals surface area contributed by atoms with Crippen molar-refractivity contribution in [2.24, 2.45) is 0 Å². The number of ether oxygens (including phenoxy) is 1. The van der Waals surface area contributed by atoms with Gasteiger partial charge in [0.25, 0.3) is 0 Å². The first-order valence-corrected chi connectivity index (χ1v) is 27.7. The maximum atomic E-state index is 13.2. The lowest BCUT2D eigenvalue weighted by molar-refractivity contribution is -0.151. The van der Waals surface area contributed by atoms with Gasteiger partial charge in [-0.05, 0) is 64.2 Å². The van der Waals surface area contributed by atoms with Crippen LogP contribution in [0.1, 0.15) is 290 Å². The van der Waals surface area contributed by atoms with Gasteiger partial charge in [-0.1, -0.05) is 250 Å². The molecular formula is C57H107NO5. The molecule has 0 aliphatic rings. The SMILES string of the molecule is CCCCC/C=C\C/C=C\C/C=C\CCCCCCC(=O)OC(CCCCCCCCCCCCC)CC(=O)NC(CO)C(O)CCCCCCCCCCCCCCCCCC. The third-order valence-electron chi connectivity index (χ3n) is 12.7. The maximum absolute atomic E-state index is 13.2. The fraction of sp³-hybridized carbons (Fsp3) is 0.860. The maximum Gasteiger partial charge on any atom is 0.306 e. The molecule has 0 spiro atoms. The van der Waals surface area contributed by atoms with E-state index in [9.17, 15) is 19.8 Å². The molecule has 0 rings (SSSR count). The number of aliphatic hydroxyl groups is 2. The van der Waals surface area contributed by atoms with Crippen LogP contribution < -0.4 is 5.32 Å². The number of nitrogens with one attached hydrogen (secondary N) is 1. The highest BCUT2D eigenvalue weighted by atomic mass is 16.5. The summed E-state index contributed by atoms with van der Waals surface area (Å²) >= 11 is 0. The average Bonchev–Trinajstić information content (AvgIpc) is 3.28. The number of esters is 1. The van der Waals surface area contributed by atoms with E-state index in [1.165, 1.54) is 173 Å². The van der Waals surface area contributed by atoms with Gasteiger partial charge < -0.3 is 20.3 Å². The zero-order chi connectivity index (χ0) is 45.9. The van der Waals surface area contributed by atoms with E-state index in [-0.39, 0.29) is 24.9 Å². The van der Waals surface area contributed by atoms with E-state index in [4.69, 9.17) is 4.74 Å². The summed E-state index contributed by atoms with van der Waals surface area (Å²) in [6.45, 7) is 6.47. The van der Waals surface area contributed by atoms with Crippen LogP contribution in [0.4, 0.5) is 0 Å². The summed E-state index contributed by atoms with van der Waals surface area (Å²) in [5.41, 5.74) is 0. The first-order valence-electron chi connectivity index (χ1n) is 27.7. The average molecular weight is 886 g/mol. The van der Waals surface area contributed by atoms with Gasteiger partial charge in [-0.3, -0.25) is 9.59 Å². The molecule has 0 fully saturated rings. The fourth-order valence-corrected chi connectivity index (χ4v) is 8.50. The molecule has 6 heteroatoms. The number of rotatable bonds is 50. The summed E-state index contributed by atoms with van der Waals surface area (Å²) in [6.07, 6.45) is 60.6. The lowest BCUT2D eigenvalue weighted by Crippen LogP contribution is -2.46. The number of carbonyl (C=O) groups excluding carboxylic acids is 2. The Morgan fingerprint density at radius 1 is 0.460 bits per heavy atom. The molecule has 0 aromatic rings. The van der Waals surface area contributed by atoms with Crippen LogP contribution in [0.2, 0.25) is 0 Å². The summed E-state index contributed by atoms with van der Waals surface area (Å²) in [5.74, 6) is -0.486. The third-order valence-corrected chi connectivity index (χ3v) is 12.7. The van der Waals surface area contributed by atoms with Gasteiger partial charge >= 0.3 is 5.97 Å². The van der Waals surface area contributed by atoms with Crippen LogP contribution in [0.5, 0.6) is 0 Å². The van der Waals surface area contributed by atoms with Gasteiger partial charge in [0.05, 0.1) is 25.2 Å². The van der Waals surface area contributed by atoms with E-state index in [0.717, 1.165) is 70.6 Å². The van der Waals surface area contributed by atoms with E-state index in [2.05, 4.69) is 62.5 Å². The van der Waals surface area contributed by atoms with Gasteiger partial charge in [0.1, 0.15) is 6.10 Å². The molecule has 3 unspecified atom stereocenters. The van der Waals surface area contributed by atoms with Gasteiger partial charge in [-0.2, -0.15) is 0 Å². The molecule has 370 valence electrons. The van der Waals surface area contributed by atoms with E-state index in [1.807, 2.05) is 0 Å². The minimum atomic E-state index is -0.789. The third kappa shape index (κ3) is 46.4. The molecule has 0 bridgehead atoms. The predicted octanol–water partition coefficient (Wildman–Crippen LogP) is 16.8. The fourth-order valence-electron chi connectivity index (χ4n) is 8.50. The normalized spacial score (nSPS) is 13.4. The molecule has 0 aliphatic heterocycles. The Morgan fingerprint density at radius 3 is 1.25 bits per heavy atom. The first kappa shape index (κ1) is 61.1. The Kier molecular flexibility index (Phi) is 49.5. The Labute approximate surface area is 392 Å². The molecule has 6 nitrogen and oxygen atoms in total. The molecule has 0 aromatic heterocycles. The molecule has 3 atom stereocenters. The Morgan fingerprint density at radius 2 is 0.810 bits per heavy atom. The molecule has 0 heterocycles. The Hall–Kier alpha value is -1.92. The molecular weight excluding hydrogens is 779 g/mol. The van der Waals surface area contributed by atoms with Gasteiger partial charge in [-0.25, -0.2) is 0 Å². The second-order valence-corrected chi connectivity index (χ2v) is 19.0. The van der Waals surface area contributed by atoms with Gasteiger partial charge in [0, 0.05) is 6.42 Å². The minimum absolute atomic E-state index is 0.0725. The van der Waals surface area contributed by atoms with Crippen molar-refractivity contribution in [3.05, 3.63) is 36.5 Å². The highest BCUT2D eigenvalue weighted by Gasteiger charge is 2.24. The lowest BCUT2D eigenvalue weighted by atomic mass is 10.0. The van der Waals surface area contributed by atoms with Gasteiger partial charge in [0.15, 0.2) is 0 Å². The highest BCUT2D eigenvalue weighted by molar-refractivity contribution is 5.77. The van der Waals surface area contributed by atoms with Crippen LogP contribution in [0, 0.1) is 0 Å². The van der Waals surface area contributed by atoms with Crippen LogP contribution >= 0.6 is 0 Å². The number of unbranched alkanes of at least 4 members (excludes halogenated alkanes) is 32. The summed E-state index contributed by atoms with van der Waals surface area (Å²) in [7, 11) is 0. The van der Waals surface area contributed by atoms with Crippen molar-refractivity contribution < 1.29 is 24.5 Å². The number of aliphatic hydroxyl groups excluding tert-OH is 2. The van der Waals surface area contributed by atoms with Crippen LogP contribution in [0.25, 0.3) is 0 Å². The number of hydrogen-bond acceptors (Lipinski definition) is 5. The number of hydrogen-bond donors (Lipinski definition) is 3. The summed E-state index contributed by atoms with van der Waals surface area (Å²) in [5, 5.41) is 23.8. The second kappa shape index (κ2) is 51.1. The van der Waals surface area contributed by atoms with Crippen molar-refractivity contribution in [3.8, 4) is 0 Å². The monoisotopic (exact) mass is 886 g/mol. The van der Waals surface area contributed by atoms with Gasteiger partial charge in [0.2, 0.25) is 5.91 Å². The summed E-state index contributed by atoms with van der Waals surface area (Å²) in [4.78, 5) is 26.2. The number of carbonyl (C=O) groups is 2. The Balaban J connectivity index is 4.50. The summed E-state index contributed by atoms with van der Waals surface area (Å²) in [6, 6.07) is -0.703. The van der Waals surface area contributed by atoms with Crippen molar-refractivity contribution in [2.75, 3.05) is 6.61 Å². The van der Waals surface area contributed by atoms with Crippen molar-refractivity contribution >= 4 is 11.9 Å². The lowest BCUT2D eigenvalue weighted by Gasteiger charge is -2.24. The topological polar surface area (TPSA) is 95.9 Å². The van der Waals surface area contributed by atoms with E-state index in [0.29, 0.717) is 19.3 Å². The molecule has 63 heavy (non-hydrogen) atoms. The van der Waals surface area contributed by atoms with Gasteiger partial charge in [-0.15, -0.1) is 0 Å². The van der Waals surface area contributed by atoms with E-state index >= 15 is 0 Å². The van der Waals surface area contributed by atoms with Crippen molar-refractivity contribution in [1.29, 1.82) is 0 Å². The standard InChI is InChI=1S/C57H107NO5/c1-4-7-10-13-16-19-22-24-26-28-30-32-35-38-41-44-47-50-57(62)63-53(48-45-42-39-36-33-21-18-15-12-9-6-3)51-56(61)58-54(52-59)55(60)49-46-43-40-37-34-31-29-27-25-23-20-17-14-11-8-5-2/h16,19,24,26,30,32,53-55,59-60H,4-15,17-18,20-23,25,27-29,31,33-52H2,1-3H3,(H,58,61)/b19-16-,26-24-,32-30-. The smallest absolute Gasteiger partial charge is 0.306 e. The summed E-state index contributed by atoms with van der Waals surface area (Å²) < 4.78 is 5.93. The molecule has 0 aliphatic carbocycles. The quantitative estimate of drug-likeness (QED) is 0.0321. The van der Waals surface area contributed by atoms with Crippen molar-refractivity contribution in [3.63, 3.8) is 0 Å². The largest absolute Gasteiger partial charge is 0.462 e. The van der Waals surface area contributed by atoms with Crippen LogP contribution in [-0.2, 0) is 14.3 Å². The predicted molar refractivity (Wildman–Crippen MR) is 273 cm³/mol. The minimum Gasteiger partial charge on any atom is -0.462 e. The van der Waals surface area contributed by atoms with E-state index < -0.39 is 18.2 Å². The van der Waals surface area contributed by atoms with Crippen LogP contribution in [0.3, 0.4) is 0 Å². The molecule has 0 saturated heterocycles. The van der Waals surface area contributed by atoms with Crippen molar-refractivity contribution in [2.45, 2.75) is 309 Å². The molecule has 0 aromatic carbocycles. The van der Waals surface area contributed by atoms with E-state index in [1.54, 1.807) is 0 Å². The Bertz CT molecular complexity index is 1040. The second-order valence-electron chi connectivity index (χ2n) is 19.0.